The third-order valence-electron chi connectivity index (χ3n) is 4.22. The minimum absolute atomic E-state index is 0. The molecular formula is C16H24Cl2N2O. The summed E-state index contributed by atoms with van der Waals surface area (Å²) in [5, 5.41) is 0.785. The van der Waals surface area contributed by atoms with Gasteiger partial charge in [-0.25, -0.2) is 0 Å². The van der Waals surface area contributed by atoms with Gasteiger partial charge in [0.2, 0.25) is 0 Å². The first kappa shape index (κ1) is 16.9. The second kappa shape index (κ2) is 7.68. The highest BCUT2D eigenvalue weighted by Gasteiger charge is 2.23. The fourth-order valence-electron chi connectivity index (χ4n) is 2.66. The van der Waals surface area contributed by atoms with E-state index in [1.54, 1.807) is 0 Å². The summed E-state index contributed by atoms with van der Waals surface area (Å²) in [7, 11) is 0. The Bertz CT molecular complexity index is 458. The van der Waals surface area contributed by atoms with E-state index in [9.17, 15) is 0 Å². The molecule has 1 aromatic carbocycles. The van der Waals surface area contributed by atoms with Gasteiger partial charge in [-0.05, 0) is 62.9 Å². The molecule has 1 aliphatic heterocycles. The number of rotatable bonds is 5. The van der Waals surface area contributed by atoms with Crippen LogP contribution in [0.1, 0.15) is 31.2 Å². The zero-order valence-corrected chi connectivity index (χ0v) is 13.8. The summed E-state index contributed by atoms with van der Waals surface area (Å²) in [6.45, 7) is 3.89. The van der Waals surface area contributed by atoms with Gasteiger partial charge in [-0.2, -0.15) is 0 Å². The monoisotopic (exact) mass is 330 g/mol. The van der Waals surface area contributed by atoms with Crippen LogP contribution in [0.4, 0.5) is 0 Å². The van der Waals surface area contributed by atoms with E-state index in [2.05, 4.69) is 4.90 Å². The minimum atomic E-state index is 0. The summed E-state index contributed by atoms with van der Waals surface area (Å²) in [4.78, 5) is 2.44. The molecule has 1 aromatic rings. The van der Waals surface area contributed by atoms with Gasteiger partial charge >= 0.3 is 0 Å². The Morgan fingerprint density at radius 2 is 1.90 bits per heavy atom. The molecule has 3 nitrogen and oxygen atoms in total. The Kier molecular flexibility index (Phi) is 6.18. The molecule has 1 saturated carbocycles. The smallest absolute Gasteiger partial charge is 0.123 e. The highest BCUT2D eigenvalue weighted by atomic mass is 35.5. The van der Waals surface area contributed by atoms with Crippen molar-refractivity contribution in [2.24, 2.45) is 11.7 Å². The lowest BCUT2D eigenvalue weighted by molar-refractivity contribution is 0.201. The molecule has 118 valence electrons. The predicted molar refractivity (Wildman–Crippen MR) is 89.4 cm³/mol. The fourth-order valence-corrected chi connectivity index (χ4v) is 2.85. The lowest BCUT2D eigenvalue weighted by Crippen LogP contribution is -2.39. The van der Waals surface area contributed by atoms with E-state index in [4.69, 9.17) is 22.1 Å². The van der Waals surface area contributed by atoms with Crippen molar-refractivity contribution in [3.63, 3.8) is 0 Å². The molecule has 0 bridgehead atoms. The lowest BCUT2D eigenvalue weighted by Gasteiger charge is -2.30. The quantitative estimate of drug-likeness (QED) is 0.898. The number of likely N-dealkylation sites (tertiary alicyclic amines) is 1. The largest absolute Gasteiger partial charge is 0.493 e. The van der Waals surface area contributed by atoms with E-state index < -0.39 is 0 Å². The minimum Gasteiger partial charge on any atom is -0.493 e. The van der Waals surface area contributed by atoms with Gasteiger partial charge < -0.3 is 10.5 Å². The van der Waals surface area contributed by atoms with Crippen molar-refractivity contribution in [2.75, 3.05) is 19.7 Å². The average Bonchev–Trinajstić information content (AvgIpc) is 3.25. The highest BCUT2D eigenvalue weighted by Crippen LogP contribution is 2.31. The summed E-state index contributed by atoms with van der Waals surface area (Å²) < 4.78 is 5.97. The first-order chi connectivity index (χ1) is 9.70. The van der Waals surface area contributed by atoms with Crippen molar-refractivity contribution >= 4 is 24.0 Å². The molecule has 5 heteroatoms. The molecule has 3 rings (SSSR count). The number of nitrogens with zero attached hydrogens (tertiary/aromatic N) is 1. The maximum atomic E-state index is 6.14. The van der Waals surface area contributed by atoms with Gasteiger partial charge in [0.25, 0.3) is 0 Å². The molecule has 0 amide bonds. The van der Waals surface area contributed by atoms with Crippen LogP contribution in [0.15, 0.2) is 18.2 Å². The van der Waals surface area contributed by atoms with Crippen LogP contribution in [0.25, 0.3) is 0 Å². The van der Waals surface area contributed by atoms with Crippen LogP contribution in [0.3, 0.4) is 0 Å². The van der Waals surface area contributed by atoms with Gasteiger partial charge in [0.15, 0.2) is 0 Å². The Hall–Kier alpha value is -0.480. The average molecular weight is 331 g/mol. The molecule has 1 saturated heterocycles. The molecule has 2 aliphatic rings. The van der Waals surface area contributed by atoms with Gasteiger partial charge in [-0.15, -0.1) is 12.4 Å². The molecule has 2 fully saturated rings. The van der Waals surface area contributed by atoms with Crippen molar-refractivity contribution < 1.29 is 4.74 Å². The Morgan fingerprint density at radius 3 is 2.57 bits per heavy atom. The van der Waals surface area contributed by atoms with E-state index in [1.165, 1.54) is 18.4 Å². The predicted octanol–water partition coefficient (Wildman–Crippen LogP) is 3.47. The number of hydrogen-bond donors (Lipinski definition) is 1. The van der Waals surface area contributed by atoms with Gasteiger partial charge in [0.05, 0.1) is 6.61 Å². The third-order valence-corrected chi connectivity index (χ3v) is 4.46. The first-order valence-electron chi connectivity index (χ1n) is 7.60. The second-order valence-corrected chi connectivity index (χ2v) is 6.56. The normalized spacial score (nSPS) is 20.1. The van der Waals surface area contributed by atoms with E-state index in [0.717, 1.165) is 55.8 Å². The van der Waals surface area contributed by atoms with Gasteiger partial charge in [-0.3, -0.25) is 4.90 Å². The van der Waals surface area contributed by atoms with Crippen molar-refractivity contribution in [1.29, 1.82) is 0 Å². The van der Waals surface area contributed by atoms with Crippen LogP contribution in [-0.4, -0.2) is 30.6 Å². The number of piperidine rings is 1. The molecule has 0 unspecified atom stereocenters. The summed E-state index contributed by atoms with van der Waals surface area (Å²) in [6.07, 6.45) is 4.79. The number of ether oxygens (including phenoxy) is 1. The van der Waals surface area contributed by atoms with Crippen molar-refractivity contribution in [2.45, 2.75) is 38.3 Å². The Labute approximate surface area is 138 Å². The van der Waals surface area contributed by atoms with Crippen LogP contribution >= 0.6 is 24.0 Å². The zero-order chi connectivity index (χ0) is 13.9. The highest BCUT2D eigenvalue weighted by molar-refractivity contribution is 6.30. The standard InChI is InChI=1S/C16H23ClN2O.ClH/c17-14-3-4-16(20-11-12-1-2-12)13(9-14)10-19-7-5-15(18)6-8-19;/h3-4,9,12,15H,1-2,5-8,10-11,18H2;1H. The van der Waals surface area contributed by atoms with E-state index in [-0.39, 0.29) is 12.4 Å². The third kappa shape index (κ3) is 5.03. The van der Waals surface area contributed by atoms with Crippen LogP contribution in [0.5, 0.6) is 5.75 Å². The fraction of sp³-hybridized carbons (Fsp3) is 0.625. The summed E-state index contributed by atoms with van der Waals surface area (Å²) in [5.41, 5.74) is 7.16. The molecule has 0 atom stereocenters. The van der Waals surface area contributed by atoms with Crippen LogP contribution in [0.2, 0.25) is 5.02 Å². The van der Waals surface area contributed by atoms with Gasteiger partial charge in [-0.1, -0.05) is 11.6 Å². The Morgan fingerprint density at radius 1 is 1.19 bits per heavy atom. The molecule has 1 heterocycles. The summed E-state index contributed by atoms with van der Waals surface area (Å²) in [5.74, 6) is 1.77. The molecule has 21 heavy (non-hydrogen) atoms. The van der Waals surface area contributed by atoms with Gasteiger partial charge in [0.1, 0.15) is 5.75 Å². The van der Waals surface area contributed by atoms with E-state index in [0.29, 0.717) is 6.04 Å². The number of hydrogen-bond acceptors (Lipinski definition) is 3. The maximum absolute atomic E-state index is 6.14. The zero-order valence-electron chi connectivity index (χ0n) is 12.3. The lowest BCUT2D eigenvalue weighted by atomic mass is 10.1. The van der Waals surface area contributed by atoms with Gasteiger partial charge in [0, 0.05) is 23.2 Å². The molecule has 2 N–H and O–H groups in total. The summed E-state index contributed by atoms with van der Waals surface area (Å²) >= 11 is 6.14. The van der Waals surface area contributed by atoms with E-state index >= 15 is 0 Å². The number of halogens is 2. The molecule has 1 aliphatic carbocycles. The maximum Gasteiger partial charge on any atom is 0.123 e. The first-order valence-corrected chi connectivity index (χ1v) is 7.97. The number of nitrogens with two attached hydrogens (primary N) is 1. The van der Waals surface area contributed by atoms with Crippen LogP contribution < -0.4 is 10.5 Å². The molecule has 0 aromatic heterocycles. The van der Waals surface area contributed by atoms with Crippen LogP contribution in [0, 0.1) is 5.92 Å². The van der Waals surface area contributed by atoms with Crippen molar-refractivity contribution in [3.8, 4) is 5.75 Å². The van der Waals surface area contributed by atoms with Crippen molar-refractivity contribution in [1.82, 2.24) is 4.90 Å². The molecule has 0 radical (unpaired) electrons. The van der Waals surface area contributed by atoms with Crippen LogP contribution in [-0.2, 0) is 6.54 Å². The summed E-state index contributed by atoms with van der Waals surface area (Å²) in [6, 6.07) is 6.34. The second-order valence-electron chi connectivity index (χ2n) is 6.12. The molecular weight excluding hydrogens is 307 g/mol. The van der Waals surface area contributed by atoms with Crippen molar-refractivity contribution in [3.05, 3.63) is 28.8 Å². The topological polar surface area (TPSA) is 38.5 Å². The molecule has 0 spiro atoms. The number of benzene rings is 1. The Balaban J connectivity index is 0.00000161. The SMILES string of the molecule is Cl.NC1CCN(Cc2cc(Cl)ccc2OCC2CC2)CC1. The van der Waals surface area contributed by atoms with E-state index in [1.807, 2.05) is 18.2 Å².